The van der Waals surface area contributed by atoms with E-state index in [0.717, 1.165) is 12.2 Å². The van der Waals surface area contributed by atoms with Gasteiger partial charge in [0, 0.05) is 64.5 Å². The van der Waals surface area contributed by atoms with Crippen molar-refractivity contribution < 1.29 is 47.1 Å². The van der Waals surface area contributed by atoms with Gasteiger partial charge in [-0.15, -0.1) is 0 Å². The first kappa shape index (κ1) is 28.1. The number of furan rings is 2. The summed E-state index contributed by atoms with van der Waals surface area (Å²) < 4.78 is 20.0. The van der Waals surface area contributed by atoms with E-state index >= 15 is 0 Å². The van der Waals surface area contributed by atoms with E-state index in [-0.39, 0.29) is 49.5 Å². The van der Waals surface area contributed by atoms with Crippen LogP contribution in [0.15, 0.2) is 57.8 Å². The van der Waals surface area contributed by atoms with Crippen molar-refractivity contribution in [3.05, 3.63) is 60.5 Å². The van der Waals surface area contributed by atoms with Crippen LogP contribution in [0, 0.1) is 0 Å². The number of hydrogen-bond donors (Lipinski definition) is 0. The maximum absolute atomic E-state index is 12.3. The molecule has 2 fully saturated rings. The summed E-state index contributed by atoms with van der Waals surface area (Å²) in [7, 11) is 0. The number of nitrogens with zero attached hydrogens (tertiary/aromatic N) is 4. The lowest BCUT2D eigenvalue weighted by Crippen LogP contribution is -2.51. The molecule has 2 saturated heterocycles. The molecule has 0 unspecified atom stereocenters. The Balaban J connectivity index is 1.09. The molecule has 212 valence electrons. The number of ether oxygens (including phenoxy) is 2. The molecule has 0 aliphatic carbocycles. The minimum Gasteiger partial charge on any atom is -0.459 e. The summed E-state index contributed by atoms with van der Waals surface area (Å²) in [5.74, 6) is -2.81. The standard InChI is InChI=1S/C26H28N4O10/c31-21(27-7-11-29(12-8-27)25(35)19-3-1-15-37-19)17-39-23(33)5-6-24(34)40-18-22(32)28-9-13-30(14-10-28)26(36)20-4-2-16-38-20/h1-6,15-16H,7-14,17-18H2/b6-5+. The Hall–Kier alpha value is -4.88. The van der Waals surface area contributed by atoms with Crippen molar-refractivity contribution in [2.45, 2.75) is 0 Å². The van der Waals surface area contributed by atoms with Crippen LogP contribution in [-0.4, -0.2) is 121 Å². The van der Waals surface area contributed by atoms with Gasteiger partial charge in [0.1, 0.15) is 0 Å². The lowest BCUT2D eigenvalue weighted by atomic mass is 10.3. The van der Waals surface area contributed by atoms with Crippen LogP contribution >= 0.6 is 0 Å². The first-order valence-electron chi connectivity index (χ1n) is 12.5. The number of amides is 4. The van der Waals surface area contributed by atoms with Crippen LogP contribution in [0.3, 0.4) is 0 Å². The molecule has 4 heterocycles. The van der Waals surface area contributed by atoms with E-state index < -0.39 is 37.0 Å². The molecule has 4 rings (SSSR count). The molecule has 40 heavy (non-hydrogen) atoms. The van der Waals surface area contributed by atoms with Gasteiger partial charge in [0.15, 0.2) is 24.7 Å². The van der Waals surface area contributed by atoms with Crippen molar-refractivity contribution >= 4 is 35.6 Å². The fourth-order valence-electron chi connectivity index (χ4n) is 4.11. The van der Waals surface area contributed by atoms with E-state index in [2.05, 4.69) is 0 Å². The first-order valence-corrected chi connectivity index (χ1v) is 12.5. The summed E-state index contributed by atoms with van der Waals surface area (Å²) in [5.41, 5.74) is 0. The van der Waals surface area contributed by atoms with Gasteiger partial charge in [0.25, 0.3) is 23.6 Å². The van der Waals surface area contributed by atoms with Gasteiger partial charge in [-0.25, -0.2) is 9.59 Å². The SMILES string of the molecule is O=C(/C=C/C(=O)OCC(=O)N1CCN(C(=O)c2ccco2)CC1)OCC(=O)N1CCN(C(=O)c2ccco2)CC1. The van der Waals surface area contributed by atoms with Crippen LogP contribution in [0.2, 0.25) is 0 Å². The minimum atomic E-state index is -0.930. The van der Waals surface area contributed by atoms with Gasteiger partial charge in [-0.05, 0) is 24.3 Å². The predicted molar refractivity (Wildman–Crippen MR) is 133 cm³/mol. The molecule has 2 aromatic heterocycles. The van der Waals surface area contributed by atoms with E-state index in [4.69, 9.17) is 18.3 Å². The van der Waals surface area contributed by atoms with Crippen LogP contribution < -0.4 is 0 Å². The van der Waals surface area contributed by atoms with Gasteiger partial charge in [0.2, 0.25) is 0 Å². The monoisotopic (exact) mass is 556 g/mol. The zero-order valence-electron chi connectivity index (χ0n) is 21.6. The largest absolute Gasteiger partial charge is 0.459 e. The molecule has 0 aromatic carbocycles. The number of esters is 2. The average molecular weight is 557 g/mol. The topological polar surface area (TPSA) is 160 Å². The molecular weight excluding hydrogens is 528 g/mol. The Morgan fingerprint density at radius 3 is 1.27 bits per heavy atom. The Labute approximate surface area is 228 Å². The van der Waals surface area contributed by atoms with Gasteiger partial charge in [0.05, 0.1) is 12.5 Å². The predicted octanol–water partition coefficient (Wildman–Crippen LogP) is -0.216. The maximum Gasteiger partial charge on any atom is 0.331 e. The van der Waals surface area contributed by atoms with Crippen LogP contribution in [0.4, 0.5) is 0 Å². The fraction of sp³-hybridized carbons (Fsp3) is 0.385. The molecule has 14 heteroatoms. The highest BCUT2D eigenvalue weighted by molar-refractivity contribution is 5.94. The molecule has 2 aliphatic rings. The molecule has 4 amide bonds. The molecule has 0 N–H and O–H groups in total. The molecule has 14 nitrogen and oxygen atoms in total. The van der Waals surface area contributed by atoms with Gasteiger partial charge < -0.3 is 37.9 Å². The van der Waals surface area contributed by atoms with Crippen LogP contribution in [0.25, 0.3) is 0 Å². The normalized spacial score (nSPS) is 15.7. The van der Waals surface area contributed by atoms with Crippen LogP contribution in [0.1, 0.15) is 21.1 Å². The van der Waals surface area contributed by atoms with E-state index in [1.165, 1.54) is 22.3 Å². The lowest BCUT2D eigenvalue weighted by molar-refractivity contribution is -0.150. The number of carbonyl (C=O) groups is 6. The third kappa shape index (κ3) is 7.36. The third-order valence-electron chi connectivity index (χ3n) is 6.33. The van der Waals surface area contributed by atoms with E-state index in [1.807, 2.05) is 0 Å². The number of carbonyl (C=O) groups excluding carboxylic acids is 6. The molecule has 0 radical (unpaired) electrons. The van der Waals surface area contributed by atoms with Gasteiger partial charge in [-0.2, -0.15) is 0 Å². The maximum atomic E-state index is 12.3. The van der Waals surface area contributed by atoms with Crippen LogP contribution in [0.5, 0.6) is 0 Å². The fourth-order valence-corrected chi connectivity index (χ4v) is 4.11. The first-order chi connectivity index (χ1) is 19.3. The highest BCUT2D eigenvalue weighted by atomic mass is 16.5. The Morgan fingerprint density at radius 2 is 0.950 bits per heavy atom. The Kier molecular flexibility index (Phi) is 9.33. The highest BCUT2D eigenvalue weighted by Gasteiger charge is 2.27. The summed E-state index contributed by atoms with van der Waals surface area (Å²) in [5, 5.41) is 0. The molecule has 0 spiro atoms. The highest BCUT2D eigenvalue weighted by Crippen LogP contribution is 2.11. The van der Waals surface area contributed by atoms with Crippen molar-refractivity contribution in [1.29, 1.82) is 0 Å². The quantitative estimate of drug-likeness (QED) is 0.314. The molecule has 0 bridgehead atoms. The molecule has 0 saturated carbocycles. The van der Waals surface area contributed by atoms with Crippen molar-refractivity contribution in [2.24, 2.45) is 0 Å². The number of hydrogen-bond acceptors (Lipinski definition) is 10. The van der Waals surface area contributed by atoms with Crippen molar-refractivity contribution in [1.82, 2.24) is 19.6 Å². The summed E-state index contributed by atoms with van der Waals surface area (Å²) in [6, 6.07) is 6.37. The van der Waals surface area contributed by atoms with Crippen molar-refractivity contribution in [2.75, 3.05) is 65.6 Å². The van der Waals surface area contributed by atoms with Crippen molar-refractivity contribution in [3.63, 3.8) is 0 Å². The molecule has 2 aliphatic heterocycles. The summed E-state index contributed by atoms with van der Waals surface area (Å²) >= 11 is 0. The van der Waals surface area contributed by atoms with E-state index in [1.54, 1.807) is 34.1 Å². The third-order valence-corrected chi connectivity index (χ3v) is 6.33. The zero-order valence-corrected chi connectivity index (χ0v) is 21.6. The summed E-state index contributed by atoms with van der Waals surface area (Å²) in [6.07, 6.45) is 4.43. The van der Waals surface area contributed by atoms with Gasteiger partial charge in [-0.3, -0.25) is 19.2 Å². The number of rotatable bonds is 8. The Morgan fingerprint density at radius 1 is 0.600 bits per heavy atom. The molecule has 0 atom stereocenters. The minimum absolute atomic E-state index is 0.223. The van der Waals surface area contributed by atoms with Gasteiger partial charge >= 0.3 is 11.9 Å². The number of piperazine rings is 2. The lowest BCUT2D eigenvalue weighted by Gasteiger charge is -2.34. The summed E-state index contributed by atoms with van der Waals surface area (Å²) in [4.78, 5) is 79.1. The second kappa shape index (κ2) is 13.3. The second-order valence-corrected chi connectivity index (χ2v) is 8.85. The smallest absolute Gasteiger partial charge is 0.331 e. The summed E-state index contributed by atoms with van der Waals surface area (Å²) in [6.45, 7) is 1.26. The van der Waals surface area contributed by atoms with Crippen molar-refractivity contribution in [3.8, 4) is 0 Å². The second-order valence-electron chi connectivity index (χ2n) is 8.85. The average Bonchev–Trinajstić information content (AvgIpc) is 3.72. The Bertz CT molecular complexity index is 1140. The van der Waals surface area contributed by atoms with Crippen LogP contribution in [-0.2, 0) is 28.7 Å². The molecule has 2 aromatic rings. The van der Waals surface area contributed by atoms with E-state index in [9.17, 15) is 28.8 Å². The molecular formula is C26H28N4O10. The van der Waals surface area contributed by atoms with E-state index in [0.29, 0.717) is 26.2 Å². The zero-order chi connectivity index (χ0) is 28.5. The van der Waals surface area contributed by atoms with Gasteiger partial charge in [-0.1, -0.05) is 0 Å².